The van der Waals surface area contributed by atoms with Crippen molar-refractivity contribution in [3.63, 3.8) is 0 Å². The summed E-state index contributed by atoms with van der Waals surface area (Å²) in [5.41, 5.74) is 0.511. The van der Waals surface area contributed by atoms with Crippen molar-refractivity contribution in [2.75, 3.05) is 0 Å². The van der Waals surface area contributed by atoms with E-state index in [1.165, 1.54) is 57.1 Å². The molecule has 0 aliphatic carbocycles. The Bertz CT molecular complexity index is 904. The van der Waals surface area contributed by atoms with Crippen LogP contribution in [0.3, 0.4) is 0 Å². The maximum Gasteiger partial charge on any atom is 0.335 e. The molecule has 2 rings (SSSR count). The Morgan fingerprint density at radius 1 is 0.806 bits per heavy atom. The molecular formula is C26H30O5. The molecule has 0 radical (unpaired) electrons. The standard InChI is InChI=1S/C26H30O5/c1-2-3-4-5-6-7-8-9-10-11-13-20-14-12-15-23(16-20)31-24-18-21(25(27)28)17-22(19-24)26(29)30/h12,14-19H,2-10H2,1H3,(H,27,28)(H,29,30). The molecule has 0 heterocycles. The van der Waals surface area contributed by atoms with Gasteiger partial charge in [0.25, 0.3) is 0 Å². The third kappa shape index (κ3) is 8.96. The lowest BCUT2D eigenvalue weighted by Gasteiger charge is -2.08. The average molecular weight is 423 g/mol. The van der Waals surface area contributed by atoms with Gasteiger partial charge in [0.05, 0.1) is 11.1 Å². The summed E-state index contributed by atoms with van der Waals surface area (Å²) in [4.78, 5) is 22.5. The van der Waals surface area contributed by atoms with Gasteiger partial charge >= 0.3 is 11.9 Å². The van der Waals surface area contributed by atoms with Crippen molar-refractivity contribution in [1.29, 1.82) is 0 Å². The van der Waals surface area contributed by atoms with Crippen molar-refractivity contribution >= 4 is 11.9 Å². The lowest BCUT2D eigenvalue weighted by Crippen LogP contribution is -2.03. The Hall–Kier alpha value is -3.26. The summed E-state index contributed by atoms with van der Waals surface area (Å²) in [5.74, 6) is 4.52. The molecule has 164 valence electrons. The van der Waals surface area contributed by atoms with Crippen molar-refractivity contribution in [2.24, 2.45) is 0 Å². The molecule has 0 bridgehead atoms. The highest BCUT2D eigenvalue weighted by atomic mass is 16.5. The maximum absolute atomic E-state index is 11.2. The number of carboxylic acid groups (broad SMARTS) is 2. The first-order valence-electron chi connectivity index (χ1n) is 10.9. The molecule has 0 spiro atoms. The molecule has 0 aromatic heterocycles. The van der Waals surface area contributed by atoms with Crippen LogP contribution < -0.4 is 4.74 Å². The minimum atomic E-state index is -1.21. The lowest BCUT2D eigenvalue weighted by molar-refractivity contribution is 0.0696. The largest absolute Gasteiger partial charge is 0.478 e. The van der Waals surface area contributed by atoms with Crippen molar-refractivity contribution < 1.29 is 24.5 Å². The number of rotatable bonds is 12. The minimum absolute atomic E-state index is 0.142. The molecule has 0 aliphatic rings. The summed E-state index contributed by atoms with van der Waals surface area (Å²) in [7, 11) is 0. The molecule has 0 atom stereocenters. The number of carbonyl (C=O) groups is 2. The van der Waals surface area contributed by atoms with Crippen molar-refractivity contribution in [3.05, 3.63) is 59.2 Å². The summed E-state index contributed by atoms with van der Waals surface area (Å²) < 4.78 is 5.71. The fraction of sp³-hybridized carbons (Fsp3) is 0.385. The molecule has 0 saturated carbocycles. The summed E-state index contributed by atoms with van der Waals surface area (Å²) in [6.07, 6.45) is 11.0. The van der Waals surface area contributed by atoms with Crippen LogP contribution in [-0.2, 0) is 0 Å². The minimum Gasteiger partial charge on any atom is -0.478 e. The molecule has 5 heteroatoms. The normalized spacial score (nSPS) is 10.2. The number of carboxylic acids is 2. The van der Waals surface area contributed by atoms with E-state index in [0.717, 1.165) is 24.5 Å². The van der Waals surface area contributed by atoms with Gasteiger partial charge in [-0.2, -0.15) is 0 Å². The average Bonchev–Trinajstić information content (AvgIpc) is 2.75. The summed E-state index contributed by atoms with van der Waals surface area (Å²) >= 11 is 0. The Morgan fingerprint density at radius 2 is 1.42 bits per heavy atom. The van der Waals surface area contributed by atoms with E-state index in [2.05, 4.69) is 18.8 Å². The maximum atomic E-state index is 11.2. The number of unbranched alkanes of at least 4 members (excludes halogenated alkanes) is 8. The van der Waals surface area contributed by atoms with Crippen LogP contribution in [0.25, 0.3) is 0 Å². The Morgan fingerprint density at radius 3 is 2.03 bits per heavy atom. The third-order valence-corrected chi connectivity index (χ3v) is 4.86. The van der Waals surface area contributed by atoms with Gasteiger partial charge in [0, 0.05) is 12.0 Å². The van der Waals surface area contributed by atoms with Crippen LogP contribution >= 0.6 is 0 Å². The van der Waals surface area contributed by atoms with Gasteiger partial charge in [-0.1, -0.05) is 69.8 Å². The van der Waals surface area contributed by atoms with E-state index in [9.17, 15) is 19.8 Å². The van der Waals surface area contributed by atoms with E-state index >= 15 is 0 Å². The van der Waals surface area contributed by atoms with Gasteiger partial charge in [0.15, 0.2) is 0 Å². The molecule has 2 aromatic carbocycles. The molecule has 2 aromatic rings. The zero-order chi connectivity index (χ0) is 22.5. The van der Waals surface area contributed by atoms with Crippen molar-refractivity contribution in [3.8, 4) is 23.3 Å². The number of benzene rings is 2. The Balaban J connectivity index is 1.90. The summed E-state index contributed by atoms with van der Waals surface area (Å²) in [6, 6.07) is 10.9. The first-order chi connectivity index (χ1) is 15.0. The van der Waals surface area contributed by atoms with Gasteiger partial charge in [-0.3, -0.25) is 0 Å². The molecule has 0 fully saturated rings. The lowest BCUT2D eigenvalue weighted by atomic mass is 10.1. The molecule has 5 nitrogen and oxygen atoms in total. The fourth-order valence-electron chi connectivity index (χ4n) is 3.19. The van der Waals surface area contributed by atoms with Crippen LogP contribution in [-0.4, -0.2) is 22.2 Å². The van der Waals surface area contributed by atoms with Gasteiger partial charge < -0.3 is 14.9 Å². The first-order valence-corrected chi connectivity index (χ1v) is 10.9. The first kappa shape index (κ1) is 24.0. The number of ether oxygens (including phenoxy) is 1. The highest BCUT2D eigenvalue weighted by molar-refractivity contribution is 5.94. The quantitative estimate of drug-likeness (QED) is 0.292. The number of aromatic carboxylic acids is 2. The molecule has 0 amide bonds. The van der Waals surface area contributed by atoms with E-state index in [-0.39, 0.29) is 16.9 Å². The van der Waals surface area contributed by atoms with E-state index < -0.39 is 11.9 Å². The van der Waals surface area contributed by atoms with Crippen LogP contribution in [0.2, 0.25) is 0 Å². The smallest absolute Gasteiger partial charge is 0.335 e. The van der Waals surface area contributed by atoms with E-state index in [4.69, 9.17) is 4.74 Å². The molecular weight excluding hydrogens is 392 g/mol. The van der Waals surface area contributed by atoms with Gasteiger partial charge in [-0.05, 0) is 42.8 Å². The zero-order valence-electron chi connectivity index (χ0n) is 18.0. The van der Waals surface area contributed by atoms with Crippen LogP contribution in [0.4, 0.5) is 0 Å². The molecule has 31 heavy (non-hydrogen) atoms. The van der Waals surface area contributed by atoms with Crippen molar-refractivity contribution in [1.82, 2.24) is 0 Å². The molecule has 0 aliphatic heterocycles. The molecule has 0 unspecified atom stereocenters. The van der Waals surface area contributed by atoms with Gasteiger partial charge in [-0.15, -0.1) is 0 Å². The number of hydrogen-bond acceptors (Lipinski definition) is 3. The van der Waals surface area contributed by atoms with Gasteiger partial charge in [0.1, 0.15) is 11.5 Å². The summed E-state index contributed by atoms with van der Waals surface area (Å²) in [6.45, 7) is 2.23. The summed E-state index contributed by atoms with van der Waals surface area (Å²) in [5, 5.41) is 18.4. The van der Waals surface area contributed by atoms with E-state index in [0.29, 0.717) is 5.75 Å². The Labute approximate surface area is 184 Å². The SMILES string of the molecule is CCCCCCCCCCC#Cc1cccc(Oc2cc(C(=O)O)cc(C(=O)O)c2)c1. The second-order valence-electron chi connectivity index (χ2n) is 7.51. The van der Waals surface area contributed by atoms with E-state index in [1.807, 2.05) is 6.07 Å². The van der Waals surface area contributed by atoms with E-state index in [1.54, 1.807) is 18.2 Å². The molecule has 0 saturated heterocycles. The second kappa shape index (κ2) is 13.1. The van der Waals surface area contributed by atoms with Gasteiger partial charge in [-0.25, -0.2) is 9.59 Å². The third-order valence-electron chi connectivity index (χ3n) is 4.86. The number of hydrogen-bond donors (Lipinski definition) is 2. The highest BCUT2D eigenvalue weighted by Gasteiger charge is 2.12. The predicted molar refractivity (Wildman–Crippen MR) is 121 cm³/mol. The zero-order valence-corrected chi connectivity index (χ0v) is 18.0. The Kier molecular flexibility index (Phi) is 10.2. The van der Waals surface area contributed by atoms with Crippen molar-refractivity contribution in [2.45, 2.75) is 64.7 Å². The topological polar surface area (TPSA) is 83.8 Å². The second-order valence-corrected chi connectivity index (χ2v) is 7.51. The monoisotopic (exact) mass is 422 g/mol. The van der Waals surface area contributed by atoms with Crippen LogP contribution in [0, 0.1) is 11.8 Å². The van der Waals surface area contributed by atoms with Crippen LogP contribution in [0.5, 0.6) is 11.5 Å². The van der Waals surface area contributed by atoms with Crippen LogP contribution in [0.15, 0.2) is 42.5 Å². The predicted octanol–water partition coefficient (Wildman–Crippen LogP) is 6.76. The molecule has 2 N–H and O–H groups in total. The van der Waals surface area contributed by atoms with Gasteiger partial charge in [0.2, 0.25) is 0 Å². The fourth-order valence-corrected chi connectivity index (χ4v) is 3.19. The highest BCUT2D eigenvalue weighted by Crippen LogP contribution is 2.25. The van der Waals surface area contributed by atoms with Crippen LogP contribution in [0.1, 0.15) is 91.0 Å².